The second-order valence-corrected chi connectivity index (χ2v) is 4.01. The molecule has 0 spiro atoms. The minimum Gasteiger partial charge on any atom is -0.481 e. The van der Waals surface area contributed by atoms with E-state index in [9.17, 15) is 22.8 Å². The van der Waals surface area contributed by atoms with E-state index in [0.29, 0.717) is 0 Å². The molecule has 0 bridgehead atoms. The second kappa shape index (κ2) is 4.31. The van der Waals surface area contributed by atoms with Crippen molar-refractivity contribution in [1.82, 2.24) is 4.90 Å². The van der Waals surface area contributed by atoms with Crippen LogP contribution in [0.25, 0.3) is 0 Å². The number of carbonyl (C=O) groups is 2. The quantitative estimate of drug-likeness (QED) is 0.785. The molecule has 0 radical (unpaired) electrons. The van der Waals surface area contributed by atoms with E-state index in [4.69, 9.17) is 5.11 Å². The largest absolute Gasteiger partial charge is 0.481 e. The van der Waals surface area contributed by atoms with E-state index in [1.807, 2.05) is 0 Å². The second-order valence-electron chi connectivity index (χ2n) is 4.01. The number of aliphatic carboxylic acids is 1. The Labute approximate surface area is 90.0 Å². The first-order valence-corrected chi connectivity index (χ1v) is 4.78. The molecule has 0 saturated carbocycles. The van der Waals surface area contributed by atoms with E-state index in [0.717, 1.165) is 4.90 Å². The Kier molecular flexibility index (Phi) is 3.44. The molecule has 1 saturated heterocycles. The summed E-state index contributed by atoms with van der Waals surface area (Å²) >= 11 is 0. The molecule has 4 nitrogen and oxygen atoms in total. The molecular weight excluding hydrogens is 227 g/mol. The van der Waals surface area contributed by atoms with E-state index in [-0.39, 0.29) is 19.0 Å². The zero-order valence-electron chi connectivity index (χ0n) is 8.62. The maximum Gasteiger partial charge on any atom is 0.397 e. The fourth-order valence-corrected chi connectivity index (χ4v) is 1.78. The number of hydrogen-bond donors (Lipinski definition) is 1. The van der Waals surface area contributed by atoms with Gasteiger partial charge < -0.3 is 10.0 Å². The van der Waals surface area contributed by atoms with Gasteiger partial charge in [-0.1, -0.05) is 6.92 Å². The zero-order chi connectivity index (χ0) is 12.5. The van der Waals surface area contributed by atoms with Gasteiger partial charge in [-0.25, -0.2) is 0 Å². The molecule has 0 aromatic carbocycles. The van der Waals surface area contributed by atoms with Crippen LogP contribution in [0.5, 0.6) is 0 Å². The molecule has 0 aromatic rings. The van der Waals surface area contributed by atoms with Crippen LogP contribution in [0.3, 0.4) is 0 Å². The van der Waals surface area contributed by atoms with Gasteiger partial charge in [0.2, 0.25) is 5.91 Å². The third kappa shape index (κ3) is 3.11. The van der Waals surface area contributed by atoms with Gasteiger partial charge in [-0.3, -0.25) is 9.59 Å². The van der Waals surface area contributed by atoms with E-state index in [2.05, 4.69) is 0 Å². The Morgan fingerprint density at radius 3 is 2.31 bits per heavy atom. The molecule has 2 unspecified atom stereocenters. The van der Waals surface area contributed by atoms with Crippen LogP contribution in [-0.4, -0.2) is 41.1 Å². The van der Waals surface area contributed by atoms with E-state index >= 15 is 0 Å². The van der Waals surface area contributed by atoms with Gasteiger partial charge in [0.1, 0.15) is 6.42 Å². The Morgan fingerprint density at radius 2 is 1.94 bits per heavy atom. The average molecular weight is 239 g/mol. The van der Waals surface area contributed by atoms with Crippen molar-refractivity contribution >= 4 is 11.9 Å². The van der Waals surface area contributed by atoms with Gasteiger partial charge in [0.05, 0.1) is 5.92 Å². The average Bonchev–Trinajstić information content (AvgIpc) is 2.44. The molecule has 92 valence electrons. The molecule has 1 amide bonds. The van der Waals surface area contributed by atoms with Gasteiger partial charge >= 0.3 is 12.1 Å². The number of alkyl halides is 3. The molecule has 1 heterocycles. The predicted molar refractivity (Wildman–Crippen MR) is 47.5 cm³/mol. The van der Waals surface area contributed by atoms with Crippen molar-refractivity contribution in [1.29, 1.82) is 0 Å². The highest BCUT2D eigenvalue weighted by molar-refractivity contribution is 5.79. The first-order valence-electron chi connectivity index (χ1n) is 4.78. The summed E-state index contributed by atoms with van der Waals surface area (Å²) in [5.74, 6) is -3.20. The van der Waals surface area contributed by atoms with Gasteiger partial charge in [0, 0.05) is 13.1 Å². The maximum absolute atomic E-state index is 11.9. The van der Waals surface area contributed by atoms with Gasteiger partial charge in [-0.15, -0.1) is 0 Å². The van der Waals surface area contributed by atoms with Crippen LogP contribution >= 0.6 is 0 Å². The summed E-state index contributed by atoms with van der Waals surface area (Å²) in [6.45, 7) is 1.55. The molecule has 0 aliphatic carbocycles. The maximum atomic E-state index is 11.9. The Morgan fingerprint density at radius 1 is 1.38 bits per heavy atom. The van der Waals surface area contributed by atoms with Crippen LogP contribution in [-0.2, 0) is 9.59 Å². The molecule has 0 aromatic heterocycles. The van der Waals surface area contributed by atoms with Crippen LogP contribution < -0.4 is 0 Å². The number of carboxylic acids is 1. The van der Waals surface area contributed by atoms with Crippen LogP contribution in [0, 0.1) is 11.8 Å². The van der Waals surface area contributed by atoms with E-state index in [1.54, 1.807) is 6.92 Å². The summed E-state index contributed by atoms with van der Waals surface area (Å²) in [5.41, 5.74) is 0. The molecule has 1 aliphatic rings. The summed E-state index contributed by atoms with van der Waals surface area (Å²) in [4.78, 5) is 22.9. The lowest BCUT2D eigenvalue weighted by Crippen LogP contribution is -2.33. The van der Waals surface area contributed by atoms with Gasteiger partial charge in [0.15, 0.2) is 0 Å². The number of likely N-dealkylation sites (tertiary alicyclic amines) is 1. The van der Waals surface area contributed by atoms with Crippen LogP contribution in [0.1, 0.15) is 13.3 Å². The van der Waals surface area contributed by atoms with Crippen molar-refractivity contribution in [2.24, 2.45) is 11.8 Å². The van der Waals surface area contributed by atoms with Crippen molar-refractivity contribution in [2.45, 2.75) is 19.5 Å². The number of nitrogens with zero attached hydrogens (tertiary/aromatic N) is 1. The first-order chi connectivity index (χ1) is 7.20. The SMILES string of the molecule is CC1CN(C(=O)CC(F)(F)F)CC1C(=O)O. The van der Waals surface area contributed by atoms with Crippen molar-refractivity contribution < 1.29 is 27.9 Å². The number of hydrogen-bond acceptors (Lipinski definition) is 2. The molecule has 1 N–H and O–H groups in total. The smallest absolute Gasteiger partial charge is 0.397 e. The van der Waals surface area contributed by atoms with Gasteiger partial charge in [-0.05, 0) is 5.92 Å². The fraction of sp³-hybridized carbons (Fsp3) is 0.778. The Hall–Kier alpha value is -1.27. The predicted octanol–water partition coefficient (Wildman–Crippen LogP) is 1.12. The van der Waals surface area contributed by atoms with Gasteiger partial charge in [0.25, 0.3) is 0 Å². The third-order valence-corrected chi connectivity index (χ3v) is 2.63. The monoisotopic (exact) mass is 239 g/mol. The van der Waals surface area contributed by atoms with Crippen LogP contribution in [0.2, 0.25) is 0 Å². The minimum atomic E-state index is -4.54. The molecule has 7 heteroatoms. The summed E-state index contributed by atoms with van der Waals surface area (Å²) in [5, 5.41) is 8.76. The van der Waals surface area contributed by atoms with E-state index < -0.39 is 30.4 Å². The number of carbonyl (C=O) groups excluding carboxylic acids is 1. The Balaban J connectivity index is 2.58. The lowest BCUT2D eigenvalue weighted by molar-refractivity contribution is -0.160. The molecule has 2 atom stereocenters. The highest BCUT2D eigenvalue weighted by Crippen LogP contribution is 2.27. The summed E-state index contributed by atoms with van der Waals surface area (Å²) < 4.78 is 35.8. The van der Waals surface area contributed by atoms with Crippen molar-refractivity contribution in [3.8, 4) is 0 Å². The number of rotatable bonds is 2. The number of amides is 1. The highest BCUT2D eigenvalue weighted by atomic mass is 19.4. The molecule has 1 fully saturated rings. The molecule has 1 rings (SSSR count). The van der Waals surface area contributed by atoms with Crippen molar-refractivity contribution in [3.05, 3.63) is 0 Å². The van der Waals surface area contributed by atoms with Crippen molar-refractivity contribution in [3.63, 3.8) is 0 Å². The number of halogens is 3. The Bertz CT molecular complexity index is 303. The minimum absolute atomic E-state index is 0.0753. The van der Waals surface area contributed by atoms with Crippen molar-refractivity contribution in [2.75, 3.05) is 13.1 Å². The fourth-order valence-electron chi connectivity index (χ4n) is 1.78. The summed E-state index contributed by atoms with van der Waals surface area (Å²) in [7, 11) is 0. The van der Waals surface area contributed by atoms with Crippen LogP contribution in [0.4, 0.5) is 13.2 Å². The summed E-state index contributed by atoms with van der Waals surface area (Å²) in [6.07, 6.45) is -6.06. The molecule has 16 heavy (non-hydrogen) atoms. The molecular formula is C9H12F3NO3. The van der Waals surface area contributed by atoms with E-state index in [1.165, 1.54) is 0 Å². The summed E-state index contributed by atoms with van der Waals surface area (Å²) in [6, 6.07) is 0. The van der Waals surface area contributed by atoms with Gasteiger partial charge in [-0.2, -0.15) is 13.2 Å². The van der Waals surface area contributed by atoms with Crippen LogP contribution in [0.15, 0.2) is 0 Å². The normalized spacial score (nSPS) is 25.9. The lowest BCUT2D eigenvalue weighted by atomic mass is 9.99. The standard InChI is InChI=1S/C9H12F3NO3/c1-5-3-13(4-6(5)8(15)16)7(14)2-9(10,11)12/h5-6H,2-4H2,1H3,(H,15,16). The third-order valence-electron chi connectivity index (χ3n) is 2.63. The zero-order valence-corrected chi connectivity index (χ0v) is 8.62. The lowest BCUT2D eigenvalue weighted by Gasteiger charge is -2.16. The molecule has 1 aliphatic heterocycles. The highest BCUT2D eigenvalue weighted by Gasteiger charge is 2.40. The topological polar surface area (TPSA) is 57.6 Å². The first kappa shape index (κ1) is 12.8. The number of carboxylic acid groups (broad SMARTS) is 1.